The smallest absolute Gasteiger partial charge is 0.176 e. The van der Waals surface area contributed by atoms with Crippen LogP contribution < -0.4 is 10.6 Å². The molecule has 2 aromatic carbocycles. The molecule has 0 saturated carbocycles. The first-order chi connectivity index (χ1) is 14.5. The van der Waals surface area contributed by atoms with Crippen LogP contribution in [-0.4, -0.2) is 24.7 Å². The second-order valence-corrected chi connectivity index (χ2v) is 7.79. The monoisotopic (exact) mass is 436 g/mol. The summed E-state index contributed by atoms with van der Waals surface area (Å²) in [6, 6.07) is 19.9. The molecule has 4 aromatic rings. The summed E-state index contributed by atoms with van der Waals surface area (Å²) >= 11 is 11.5. The van der Waals surface area contributed by atoms with Crippen molar-refractivity contribution in [2.45, 2.75) is 20.0 Å². The van der Waals surface area contributed by atoms with Crippen LogP contribution in [0.15, 0.2) is 73.1 Å². The lowest BCUT2D eigenvalue weighted by atomic mass is 10.2. The van der Waals surface area contributed by atoms with E-state index >= 15 is 0 Å². The number of nitrogens with zero attached hydrogens (tertiary/aromatic N) is 4. The Bertz CT molecular complexity index is 1150. The third-order valence-electron chi connectivity index (χ3n) is 4.52. The van der Waals surface area contributed by atoms with Crippen molar-refractivity contribution in [3.63, 3.8) is 0 Å². The summed E-state index contributed by atoms with van der Waals surface area (Å²) in [6.07, 6.45) is 3.67. The van der Waals surface area contributed by atoms with Gasteiger partial charge in [0, 0.05) is 23.0 Å². The van der Waals surface area contributed by atoms with Gasteiger partial charge in [-0.25, -0.2) is 0 Å². The van der Waals surface area contributed by atoms with E-state index in [1.54, 1.807) is 6.20 Å². The van der Waals surface area contributed by atoms with Crippen molar-refractivity contribution in [1.82, 2.24) is 19.6 Å². The summed E-state index contributed by atoms with van der Waals surface area (Å²) in [5.41, 5.74) is 4.12. The van der Waals surface area contributed by atoms with Crippen LogP contribution in [-0.2, 0) is 13.1 Å². The van der Waals surface area contributed by atoms with Gasteiger partial charge in [0.1, 0.15) is 0 Å². The number of rotatable bonds is 6. The standard InChI is InChI=1S/C22H21ClN6S/c1-16-10-21(27-29(16)14-18-8-5-9-19(23)11-18)26-22(30)25-20-12-24-28(15-20)13-17-6-3-2-4-7-17/h2-12,15H,13-14H2,1H3,(H2,25,26,27,30). The lowest BCUT2D eigenvalue weighted by Gasteiger charge is -2.07. The molecule has 0 amide bonds. The number of nitrogens with one attached hydrogen (secondary N) is 2. The molecule has 0 unspecified atom stereocenters. The quantitative estimate of drug-likeness (QED) is 0.419. The predicted octanol–water partition coefficient (Wildman–Crippen LogP) is 4.95. The van der Waals surface area contributed by atoms with Gasteiger partial charge in [-0.3, -0.25) is 9.36 Å². The Morgan fingerprint density at radius 2 is 1.80 bits per heavy atom. The van der Waals surface area contributed by atoms with Crippen LogP contribution in [0.2, 0.25) is 5.02 Å². The molecule has 0 spiro atoms. The minimum Gasteiger partial charge on any atom is -0.330 e. The maximum atomic E-state index is 6.07. The van der Waals surface area contributed by atoms with Crippen LogP contribution >= 0.6 is 23.8 Å². The molecular formula is C22H21ClN6S. The van der Waals surface area contributed by atoms with Gasteiger partial charge in [-0.05, 0) is 42.4 Å². The Morgan fingerprint density at radius 3 is 2.60 bits per heavy atom. The van der Waals surface area contributed by atoms with E-state index in [0.29, 0.717) is 29.0 Å². The molecule has 6 nitrogen and oxygen atoms in total. The molecule has 0 aliphatic carbocycles. The van der Waals surface area contributed by atoms with Crippen molar-refractivity contribution in [2.75, 3.05) is 10.6 Å². The zero-order valence-electron chi connectivity index (χ0n) is 16.4. The van der Waals surface area contributed by atoms with E-state index in [1.807, 2.05) is 71.0 Å². The fourth-order valence-electron chi connectivity index (χ4n) is 3.10. The average molecular weight is 437 g/mol. The molecule has 0 fully saturated rings. The van der Waals surface area contributed by atoms with Crippen molar-refractivity contribution in [2.24, 2.45) is 0 Å². The summed E-state index contributed by atoms with van der Waals surface area (Å²) < 4.78 is 3.78. The van der Waals surface area contributed by atoms with Crippen LogP contribution in [0, 0.1) is 6.92 Å². The third-order valence-corrected chi connectivity index (χ3v) is 4.96. The molecule has 152 valence electrons. The average Bonchev–Trinajstić information content (AvgIpc) is 3.28. The highest BCUT2D eigenvalue weighted by Gasteiger charge is 2.08. The molecule has 0 atom stereocenters. The predicted molar refractivity (Wildman–Crippen MR) is 125 cm³/mol. The number of aromatic nitrogens is 4. The van der Waals surface area contributed by atoms with Gasteiger partial charge in [-0.1, -0.05) is 54.1 Å². The molecule has 0 saturated heterocycles. The molecule has 2 aromatic heterocycles. The molecule has 2 N–H and O–H groups in total. The SMILES string of the molecule is Cc1cc(NC(=S)Nc2cnn(Cc3ccccc3)c2)nn1Cc1cccc(Cl)c1. The lowest BCUT2D eigenvalue weighted by Crippen LogP contribution is -2.19. The molecule has 0 bridgehead atoms. The molecule has 0 radical (unpaired) electrons. The van der Waals surface area contributed by atoms with E-state index in [0.717, 1.165) is 16.9 Å². The number of hydrogen-bond donors (Lipinski definition) is 2. The Kier molecular flexibility index (Phi) is 6.11. The van der Waals surface area contributed by atoms with Crippen LogP contribution in [0.25, 0.3) is 0 Å². The molecule has 4 rings (SSSR count). The second kappa shape index (κ2) is 9.11. The van der Waals surface area contributed by atoms with E-state index in [1.165, 1.54) is 5.56 Å². The van der Waals surface area contributed by atoms with Gasteiger partial charge >= 0.3 is 0 Å². The summed E-state index contributed by atoms with van der Waals surface area (Å²) in [5, 5.41) is 16.4. The summed E-state index contributed by atoms with van der Waals surface area (Å²) in [6.45, 7) is 3.35. The van der Waals surface area contributed by atoms with Crippen molar-refractivity contribution in [3.05, 3.63) is 94.9 Å². The van der Waals surface area contributed by atoms with Crippen LogP contribution in [0.1, 0.15) is 16.8 Å². The molecule has 0 aliphatic heterocycles. The maximum Gasteiger partial charge on any atom is 0.176 e. The van der Waals surface area contributed by atoms with Crippen molar-refractivity contribution < 1.29 is 0 Å². The van der Waals surface area contributed by atoms with E-state index < -0.39 is 0 Å². The van der Waals surface area contributed by atoms with Gasteiger partial charge in [-0.2, -0.15) is 10.2 Å². The number of aryl methyl sites for hydroxylation is 1. The van der Waals surface area contributed by atoms with Crippen molar-refractivity contribution in [3.8, 4) is 0 Å². The Hall–Kier alpha value is -3.16. The number of anilines is 2. The normalized spacial score (nSPS) is 10.7. The lowest BCUT2D eigenvalue weighted by molar-refractivity contribution is 0.668. The zero-order chi connectivity index (χ0) is 20.9. The highest BCUT2D eigenvalue weighted by atomic mass is 35.5. The number of halogens is 1. The summed E-state index contributed by atoms with van der Waals surface area (Å²) in [5.74, 6) is 0.684. The first kappa shape index (κ1) is 20.1. The van der Waals surface area contributed by atoms with Crippen LogP contribution in [0.4, 0.5) is 11.5 Å². The van der Waals surface area contributed by atoms with E-state index in [9.17, 15) is 0 Å². The summed E-state index contributed by atoms with van der Waals surface area (Å²) in [4.78, 5) is 0. The van der Waals surface area contributed by atoms with Crippen molar-refractivity contribution >= 4 is 40.4 Å². The molecule has 30 heavy (non-hydrogen) atoms. The number of thiocarbonyl (C=S) groups is 1. The van der Waals surface area contributed by atoms with Crippen LogP contribution in [0.3, 0.4) is 0 Å². The number of hydrogen-bond acceptors (Lipinski definition) is 3. The van der Waals surface area contributed by atoms with Gasteiger partial charge in [0.25, 0.3) is 0 Å². The highest BCUT2D eigenvalue weighted by Crippen LogP contribution is 2.15. The third kappa shape index (κ3) is 5.25. The first-order valence-electron chi connectivity index (χ1n) is 9.48. The van der Waals surface area contributed by atoms with E-state index in [-0.39, 0.29) is 0 Å². The van der Waals surface area contributed by atoms with Gasteiger partial charge in [0.2, 0.25) is 0 Å². The summed E-state index contributed by atoms with van der Waals surface area (Å²) in [7, 11) is 0. The Balaban J connectivity index is 1.35. The molecule has 0 aliphatic rings. The van der Waals surface area contributed by atoms with Crippen molar-refractivity contribution in [1.29, 1.82) is 0 Å². The largest absolute Gasteiger partial charge is 0.330 e. The Morgan fingerprint density at radius 1 is 1.00 bits per heavy atom. The topological polar surface area (TPSA) is 59.7 Å². The molecule has 8 heteroatoms. The molecule has 2 heterocycles. The van der Waals surface area contributed by atoms with Crippen LogP contribution in [0.5, 0.6) is 0 Å². The number of benzene rings is 2. The zero-order valence-corrected chi connectivity index (χ0v) is 18.0. The fourth-order valence-corrected chi connectivity index (χ4v) is 3.54. The minimum atomic E-state index is 0.460. The van der Waals surface area contributed by atoms with E-state index in [4.69, 9.17) is 23.8 Å². The Labute approximate surface area is 185 Å². The van der Waals surface area contributed by atoms with Gasteiger partial charge in [0.15, 0.2) is 10.9 Å². The van der Waals surface area contributed by atoms with Gasteiger partial charge in [-0.15, -0.1) is 0 Å². The first-order valence-corrected chi connectivity index (χ1v) is 10.3. The molecular weight excluding hydrogens is 416 g/mol. The van der Waals surface area contributed by atoms with E-state index in [2.05, 4.69) is 33.0 Å². The van der Waals surface area contributed by atoms with Gasteiger partial charge < -0.3 is 10.6 Å². The maximum absolute atomic E-state index is 6.07. The fraction of sp³-hybridized carbons (Fsp3) is 0.136. The van der Waals surface area contributed by atoms with Gasteiger partial charge in [0.05, 0.1) is 25.0 Å². The highest BCUT2D eigenvalue weighted by molar-refractivity contribution is 7.80. The minimum absolute atomic E-state index is 0.460. The second-order valence-electron chi connectivity index (χ2n) is 6.95.